The maximum Gasteiger partial charge on any atom is 0.471 e. The monoisotopic (exact) mass is 349 g/mol. The quantitative estimate of drug-likeness (QED) is 0.792. The fourth-order valence-corrected chi connectivity index (χ4v) is 4.19. The van der Waals surface area contributed by atoms with E-state index >= 15 is 0 Å². The highest BCUT2D eigenvalue weighted by Gasteiger charge is 2.49. The Hall–Kier alpha value is -2.31. The number of carbonyl (C=O) groups excluding carboxylic acids is 1. The Kier molecular flexibility index (Phi) is 3.63. The highest BCUT2D eigenvalue weighted by atomic mass is 19.4. The van der Waals surface area contributed by atoms with Crippen molar-refractivity contribution in [2.45, 2.75) is 37.4 Å². The molecule has 2 heterocycles. The van der Waals surface area contributed by atoms with Gasteiger partial charge in [0, 0.05) is 37.3 Å². The highest BCUT2D eigenvalue weighted by molar-refractivity contribution is 5.82. The summed E-state index contributed by atoms with van der Waals surface area (Å²) in [6.07, 6.45) is 0.783. The lowest BCUT2D eigenvalue weighted by Crippen LogP contribution is -2.51. The number of hydrogen-bond donors (Lipinski definition) is 0. The molecule has 1 amide bonds. The van der Waals surface area contributed by atoms with E-state index in [2.05, 4.69) is 11.2 Å². The van der Waals surface area contributed by atoms with Crippen molar-refractivity contribution < 1.29 is 18.0 Å². The molecule has 0 spiro atoms. The normalized spacial score (nSPS) is 22.6. The Morgan fingerprint density at radius 1 is 1.28 bits per heavy atom. The number of fused-ring (bicyclic) bond motifs is 3. The second-order valence-corrected chi connectivity index (χ2v) is 6.83. The Morgan fingerprint density at radius 3 is 2.76 bits per heavy atom. The highest BCUT2D eigenvalue weighted by Crippen LogP contribution is 2.44. The molecule has 0 unspecified atom stereocenters. The molecule has 4 rings (SSSR count). The number of likely N-dealkylation sites (tertiary alicyclic amines) is 1. The molecule has 1 aliphatic carbocycles. The minimum Gasteiger partial charge on any atom is -0.331 e. The summed E-state index contributed by atoms with van der Waals surface area (Å²) in [5.74, 6) is -1.73. The molecular formula is C18H18F3N3O. The van der Waals surface area contributed by atoms with Crippen LogP contribution in [0.25, 0.3) is 11.1 Å². The summed E-state index contributed by atoms with van der Waals surface area (Å²) in [5.41, 5.74) is 4.11. The topological polar surface area (TPSA) is 38.1 Å². The van der Waals surface area contributed by atoms with Gasteiger partial charge in [-0.1, -0.05) is 18.2 Å². The van der Waals surface area contributed by atoms with Gasteiger partial charge in [-0.25, -0.2) is 0 Å². The van der Waals surface area contributed by atoms with Crippen LogP contribution >= 0.6 is 0 Å². The SMILES string of the molecule is Cn1cc(-c2ccc3c(c2)[C@@H]2CCCN(C(=O)C(F)(F)F)[C@@H]2C3)cn1. The number of rotatable bonds is 1. The van der Waals surface area contributed by atoms with Crippen molar-refractivity contribution in [2.75, 3.05) is 6.54 Å². The molecule has 0 saturated carbocycles. The minimum atomic E-state index is -4.81. The Balaban J connectivity index is 1.67. The number of piperidine rings is 1. The van der Waals surface area contributed by atoms with Crippen molar-refractivity contribution in [3.05, 3.63) is 41.7 Å². The Labute approximate surface area is 143 Å². The molecule has 1 aromatic carbocycles. The fourth-order valence-electron chi connectivity index (χ4n) is 4.19. The molecule has 2 aromatic rings. The number of carbonyl (C=O) groups is 1. The van der Waals surface area contributed by atoms with Gasteiger partial charge in [-0.15, -0.1) is 0 Å². The first kappa shape index (κ1) is 16.2. The summed E-state index contributed by atoms with van der Waals surface area (Å²) in [7, 11) is 1.84. The summed E-state index contributed by atoms with van der Waals surface area (Å²) in [4.78, 5) is 12.8. The number of aryl methyl sites for hydroxylation is 1. The molecule has 4 nitrogen and oxygen atoms in total. The molecule has 7 heteroatoms. The smallest absolute Gasteiger partial charge is 0.331 e. The molecular weight excluding hydrogens is 331 g/mol. The Morgan fingerprint density at radius 2 is 2.08 bits per heavy atom. The van der Waals surface area contributed by atoms with E-state index in [1.54, 1.807) is 10.9 Å². The van der Waals surface area contributed by atoms with E-state index in [1.165, 1.54) is 0 Å². The van der Waals surface area contributed by atoms with Gasteiger partial charge in [-0.05, 0) is 36.0 Å². The molecule has 25 heavy (non-hydrogen) atoms. The van der Waals surface area contributed by atoms with Crippen molar-refractivity contribution in [3.8, 4) is 11.1 Å². The first-order chi connectivity index (χ1) is 11.8. The Bertz CT molecular complexity index is 827. The average Bonchev–Trinajstić information content (AvgIpc) is 3.16. The molecule has 0 N–H and O–H groups in total. The predicted octanol–water partition coefficient (Wildman–Crippen LogP) is 3.28. The van der Waals surface area contributed by atoms with Gasteiger partial charge < -0.3 is 4.90 Å². The number of halogens is 3. The van der Waals surface area contributed by atoms with Gasteiger partial charge in [0.15, 0.2) is 0 Å². The molecule has 0 radical (unpaired) electrons. The third kappa shape index (κ3) is 2.71. The van der Waals surface area contributed by atoms with E-state index in [4.69, 9.17) is 0 Å². The van der Waals surface area contributed by atoms with E-state index in [1.807, 2.05) is 25.4 Å². The van der Waals surface area contributed by atoms with E-state index in [0.717, 1.165) is 33.6 Å². The maximum absolute atomic E-state index is 12.9. The second-order valence-electron chi connectivity index (χ2n) is 6.83. The van der Waals surface area contributed by atoms with Crippen molar-refractivity contribution in [2.24, 2.45) is 7.05 Å². The molecule has 2 aliphatic rings. The molecule has 1 saturated heterocycles. The third-order valence-corrected chi connectivity index (χ3v) is 5.29. The number of hydrogen-bond acceptors (Lipinski definition) is 2. The van der Waals surface area contributed by atoms with E-state index in [0.29, 0.717) is 12.8 Å². The van der Waals surface area contributed by atoms with Crippen LogP contribution in [0.3, 0.4) is 0 Å². The third-order valence-electron chi connectivity index (χ3n) is 5.29. The molecule has 132 valence electrons. The van der Waals surface area contributed by atoms with Gasteiger partial charge in [-0.2, -0.15) is 18.3 Å². The zero-order chi connectivity index (χ0) is 17.8. The van der Waals surface area contributed by atoms with Gasteiger partial charge in [-0.3, -0.25) is 9.48 Å². The lowest BCUT2D eigenvalue weighted by atomic mass is 9.87. The van der Waals surface area contributed by atoms with E-state index in [-0.39, 0.29) is 18.5 Å². The minimum absolute atomic E-state index is 0.0216. The zero-order valence-electron chi connectivity index (χ0n) is 13.8. The maximum atomic E-state index is 12.9. The van der Waals surface area contributed by atoms with Crippen molar-refractivity contribution in [1.29, 1.82) is 0 Å². The van der Waals surface area contributed by atoms with Gasteiger partial charge in [0.2, 0.25) is 0 Å². The molecule has 2 atom stereocenters. The summed E-state index contributed by atoms with van der Waals surface area (Å²) in [5, 5.41) is 4.17. The van der Waals surface area contributed by atoms with Gasteiger partial charge >= 0.3 is 12.1 Å². The van der Waals surface area contributed by atoms with Crippen LogP contribution in [-0.4, -0.2) is 39.4 Å². The van der Waals surface area contributed by atoms with Gasteiger partial charge in [0.05, 0.1) is 6.20 Å². The zero-order valence-corrected chi connectivity index (χ0v) is 13.8. The standard InChI is InChI=1S/C18H18F3N3O/c1-23-10-13(9-22-23)11-4-5-12-8-16-14(15(12)7-11)3-2-6-24(16)17(25)18(19,20)21/h4-5,7,9-10,14,16H,2-3,6,8H2,1H3/t14-,16+/m0/s1. The van der Waals surface area contributed by atoms with E-state index < -0.39 is 12.1 Å². The van der Waals surface area contributed by atoms with Crippen LogP contribution < -0.4 is 0 Å². The summed E-state index contributed by atoms with van der Waals surface area (Å²) in [6.45, 7) is 0.183. The fraction of sp³-hybridized carbons (Fsp3) is 0.444. The lowest BCUT2D eigenvalue weighted by molar-refractivity contribution is -0.189. The number of benzene rings is 1. The number of amides is 1. The average molecular weight is 349 g/mol. The van der Waals surface area contributed by atoms with Gasteiger partial charge in [0.25, 0.3) is 0 Å². The van der Waals surface area contributed by atoms with Crippen molar-refractivity contribution in [3.63, 3.8) is 0 Å². The second kappa shape index (κ2) is 5.61. The molecule has 0 bridgehead atoms. The predicted molar refractivity (Wildman–Crippen MR) is 85.9 cm³/mol. The van der Waals surface area contributed by atoms with Crippen LogP contribution in [0, 0.1) is 0 Å². The molecule has 1 aromatic heterocycles. The van der Waals surface area contributed by atoms with Gasteiger partial charge in [0.1, 0.15) is 0 Å². The number of nitrogens with zero attached hydrogens (tertiary/aromatic N) is 3. The lowest BCUT2D eigenvalue weighted by Gasteiger charge is -2.38. The van der Waals surface area contributed by atoms with Crippen LogP contribution in [0.4, 0.5) is 13.2 Å². The first-order valence-corrected chi connectivity index (χ1v) is 8.34. The van der Waals surface area contributed by atoms with Crippen LogP contribution in [0.15, 0.2) is 30.6 Å². The van der Waals surface area contributed by atoms with Crippen LogP contribution in [0.1, 0.15) is 29.9 Å². The number of aromatic nitrogens is 2. The van der Waals surface area contributed by atoms with Crippen molar-refractivity contribution in [1.82, 2.24) is 14.7 Å². The first-order valence-electron chi connectivity index (χ1n) is 8.34. The molecule has 1 fully saturated rings. The molecule has 1 aliphatic heterocycles. The van der Waals surface area contributed by atoms with E-state index in [9.17, 15) is 18.0 Å². The summed E-state index contributed by atoms with van der Waals surface area (Å²) in [6, 6.07) is 5.62. The van der Waals surface area contributed by atoms with Crippen LogP contribution in [0.2, 0.25) is 0 Å². The number of alkyl halides is 3. The van der Waals surface area contributed by atoms with Crippen molar-refractivity contribution >= 4 is 5.91 Å². The van der Waals surface area contributed by atoms with Crippen LogP contribution in [-0.2, 0) is 18.3 Å². The van der Waals surface area contributed by atoms with Crippen LogP contribution in [0.5, 0.6) is 0 Å². The summed E-state index contributed by atoms with van der Waals surface area (Å²) < 4.78 is 40.4. The largest absolute Gasteiger partial charge is 0.471 e. The summed E-state index contributed by atoms with van der Waals surface area (Å²) >= 11 is 0.